The number of hydrogen-bond acceptors (Lipinski definition) is 6. The van der Waals surface area contributed by atoms with E-state index >= 15 is 0 Å². The summed E-state index contributed by atoms with van der Waals surface area (Å²) >= 11 is 1.24. The van der Waals surface area contributed by atoms with Crippen LogP contribution in [0.3, 0.4) is 0 Å². The molecule has 2 aromatic rings. The maximum absolute atomic E-state index is 13.6. The summed E-state index contributed by atoms with van der Waals surface area (Å²) in [4.78, 5) is 11.7. The van der Waals surface area contributed by atoms with Gasteiger partial charge in [-0.25, -0.2) is 4.39 Å². The zero-order valence-electron chi connectivity index (χ0n) is 12.5. The van der Waals surface area contributed by atoms with Crippen molar-refractivity contribution in [3.8, 4) is 0 Å². The van der Waals surface area contributed by atoms with Gasteiger partial charge in [-0.3, -0.25) is 10.1 Å². The predicted octanol–water partition coefficient (Wildman–Crippen LogP) is 1.86. The van der Waals surface area contributed by atoms with Crippen molar-refractivity contribution in [1.82, 2.24) is 15.5 Å². The number of hydrogen-bond donors (Lipinski definition) is 2. The zero-order chi connectivity index (χ0) is 15.8. The molecule has 0 atom stereocenters. The third-order valence-electron chi connectivity index (χ3n) is 2.78. The Hall–Kier alpha value is -1.61. The van der Waals surface area contributed by atoms with Crippen molar-refractivity contribution < 1.29 is 13.9 Å². The molecule has 0 bridgehead atoms. The molecule has 2 rings (SSSR count). The largest absolute Gasteiger partial charge is 0.383 e. The molecule has 1 amide bonds. The number of ether oxygens (including phenoxy) is 1. The van der Waals surface area contributed by atoms with E-state index in [9.17, 15) is 9.18 Å². The Morgan fingerprint density at radius 3 is 2.87 bits per heavy atom. The van der Waals surface area contributed by atoms with Gasteiger partial charge in [-0.2, -0.15) is 0 Å². The van der Waals surface area contributed by atoms with Crippen molar-refractivity contribution >= 4 is 34.8 Å². The van der Waals surface area contributed by atoms with Gasteiger partial charge >= 0.3 is 0 Å². The smallest absolute Gasteiger partial charge is 0.240 e. The average Bonchev–Trinajstić information content (AvgIpc) is 2.93. The van der Waals surface area contributed by atoms with Crippen LogP contribution in [0.1, 0.15) is 10.6 Å². The van der Waals surface area contributed by atoms with E-state index in [1.807, 2.05) is 0 Å². The van der Waals surface area contributed by atoms with Gasteiger partial charge in [-0.1, -0.05) is 29.5 Å². The van der Waals surface area contributed by atoms with Crippen molar-refractivity contribution in [3.63, 3.8) is 0 Å². The van der Waals surface area contributed by atoms with E-state index in [4.69, 9.17) is 4.74 Å². The predicted molar refractivity (Wildman–Crippen MR) is 89.7 cm³/mol. The lowest BCUT2D eigenvalue weighted by Gasteiger charge is -2.03. The van der Waals surface area contributed by atoms with E-state index in [1.54, 1.807) is 25.3 Å². The van der Waals surface area contributed by atoms with E-state index in [0.29, 0.717) is 35.3 Å². The first-order valence-electron chi connectivity index (χ1n) is 6.74. The minimum absolute atomic E-state index is 0. The Morgan fingerprint density at radius 1 is 1.35 bits per heavy atom. The van der Waals surface area contributed by atoms with Gasteiger partial charge in [-0.15, -0.1) is 22.6 Å². The van der Waals surface area contributed by atoms with Crippen LogP contribution in [0.4, 0.5) is 9.52 Å². The lowest BCUT2D eigenvalue weighted by molar-refractivity contribution is -0.115. The highest BCUT2D eigenvalue weighted by molar-refractivity contribution is 7.15. The van der Waals surface area contributed by atoms with Gasteiger partial charge in [0, 0.05) is 20.1 Å². The number of nitrogens with one attached hydrogen (secondary N) is 2. The summed E-state index contributed by atoms with van der Waals surface area (Å²) in [5, 5.41) is 14.5. The topological polar surface area (TPSA) is 76.1 Å². The van der Waals surface area contributed by atoms with Crippen molar-refractivity contribution in [2.24, 2.45) is 0 Å². The van der Waals surface area contributed by atoms with Crippen LogP contribution in [-0.4, -0.2) is 42.9 Å². The molecule has 0 radical (unpaired) electrons. The van der Waals surface area contributed by atoms with Crippen LogP contribution in [-0.2, 0) is 16.0 Å². The Kier molecular flexibility index (Phi) is 8.64. The highest BCUT2D eigenvalue weighted by Crippen LogP contribution is 2.19. The SMILES string of the molecule is COCCNCC(=O)Nc1nnc(Cc2ccccc2F)s1.Cl. The maximum atomic E-state index is 13.6. The second-order valence-electron chi connectivity index (χ2n) is 4.49. The standard InChI is InChI=1S/C14H17FN4O2S.ClH/c1-21-7-6-16-9-12(20)17-14-19-18-13(22-14)8-10-4-2-3-5-11(10)15;/h2-5,16H,6-9H2,1H3,(H,17,19,20);1H. The number of carbonyl (C=O) groups is 1. The van der Waals surface area contributed by atoms with Crippen molar-refractivity contribution in [2.75, 3.05) is 32.1 Å². The molecule has 0 unspecified atom stereocenters. The number of carbonyl (C=O) groups excluding carboxylic acids is 1. The lowest BCUT2D eigenvalue weighted by atomic mass is 10.1. The summed E-state index contributed by atoms with van der Waals surface area (Å²) in [7, 11) is 1.60. The quantitative estimate of drug-likeness (QED) is 0.703. The molecule has 0 saturated carbocycles. The van der Waals surface area contributed by atoms with Crippen LogP contribution >= 0.6 is 23.7 Å². The van der Waals surface area contributed by atoms with Gasteiger partial charge in [0.05, 0.1) is 13.2 Å². The third kappa shape index (κ3) is 6.57. The molecule has 1 heterocycles. The van der Waals surface area contributed by atoms with Gasteiger partial charge in [0.1, 0.15) is 10.8 Å². The summed E-state index contributed by atoms with van der Waals surface area (Å²) in [6.07, 6.45) is 0.353. The Morgan fingerprint density at radius 2 is 2.13 bits per heavy atom. The number of nitrogens with zero attached hydrogens (tertiary/aromatic N) is 2. The molecular weight excluding hydrogens is 343 g/mol. The van der Waals surface area contributed by atoms with Gasteiger partial charge in [-0.05, 0) is 11.6 Å². The minimum atomic E-state index is -0.273. The highest BCUT2D eigenvalue weighted by atomic mass is 35.5. The van der Waals surface area contributed by atoms with Crippen LogP contribution in [0.5, 0.6) is 0 Å². The van der Waals surface area contributed by atoms with Crippen molar-refractivity contribution in [3.05, 3.63) is 40.7 Å². The summed E-state index contributed by atoms with van der Waals surface area (Å²) in [6, 6.07) is 6.52. The number of rotatable bonds is 8. The molecule has 1 aromatic carbocycles. The molecule has 1 aromatic heterocycles. The fraction of sp³-hybridized carbons (Fsp3) is 0.357. The Balaban J connectivity index is 0.00000264. The molecule has 0 aliphatic rings. The van der Waals surface area contributed by atoms with E-state index in [0.717, 1.165) is 0 Å². The van der Waals surface area contributed by atoms with Crippen molar-refractivity contribution in [2.45, 2.75) is 6.42 Å². The summed E-state index contributed by atoms with van der Waals surface area (Å²) in [5.74, 6) is -0.477. The van der Waals surface area contributed by atoms with Gasteiger partial charge in [0.2, 0.25) is 11.0 Å². The van der Waals surface area contributed by atoms with Crippen LogP contribution in [0, 0.1) is 5.82 Å². The fourth-order valence-corrected chi connectivity index (χ4v) is 2.50. The molecule has 0 aliphatic heterocycles. The molecule has 0 fully saturated rings. The van der Waals surface area contributed by atoms with E-state index in [1.165, 1.54) is 17.4 Å². The molecular formula is C14H18ClFN4O2S. The average molecular weight is 361 g/mol. The number of anilines is 1. The molecule has 126 valence electrons. The minimum Gasteiger partial charge on any atom is -0.383 e. The van der Waals surface area contributed by atoms with Gasteiger partial charge in [0.15, 0.2) is 0 Å². The molecule has 6 nitrogen and oxygen atoms in total. The maximum Gasteiger partial charge on any atom is 0.240 e. The lowest BCUT2D eigenvalue weighted by Crippen LogP contribution is -2.30. The number of halogens is 2. The van der Waals surface area contributed by atoms with E-state index in [-0.39, 0.29) is 30.7 Å². The van der Waals surface area contributed by atoms with E-state index in [2.05, 4.69) is 20.8 Å². The first kappa shape index (κ1) is 19.4. The van der Waals surface area contributed by atoms with Crippen LogP contribution in [0.15, 0.2) is 24.3 Å². The van der Waals surface area contributed by atoms with Crippen LogP contribution in [0.25, 0.3) is 0 Å². The second-order valence-corrected chi connectivity index (χ2v) is 5.55. The molecule has 0 spiro atoms. The number of methoxy groups -OCH3 is 1. The zero-order valence-corrected chi connectivity index (χ0v) is 14.2. The first-order chi connectivity index (χ1) is 10.7. The highest BCUT2D eigenvalue weighted by Gasteiger charge is 2.10. The number of benzene rings is 1. The number of aromatic nitrogens is 2. The van der Waals surface area contributed by atoms with Gasteiger partial charge in [0.25, 0.3) is 0 Å². The first-order valence-corrected chi connectivity index (χ1v) is 7.56. The summed E-state index contributed by atoms with van der Waals surface area (Å²) in [5.41, 5.74) is 0.553. The second kappa shape index (κ2) is 10.2. The molecule has 0 aliphatic carbocycles. The van der Waals surface area contributed by atoms with Gasteiger partial charge < -0.3 is 10.1 Å². The Labute approximate surface area is 143 Å². The monoisotopic (exact) mass is 360 g/mol. The third-order valence-corrected chi connectivity index (χ3v) is 3.62. The normalized spacial score (nSPS) is 10.2. The molecule has 0 saturated heterocycles. The van der Waals surface area contributed by atoms with Crippen LogP contribution in [0.2, 0.25) is 0 Å². The fourth-order valence-electron chi connectivity index (χ4n) is 1.72. The van der Waals surface area contributed by atoms with Crippen LogP contribution < -0.4 is 10.6 Å². The van der Waals surface area contributed by atoms with E-state index < -0.39 is 0 Å². The molecule has 2 N–H and O–H groups in total. The molecule has 9 heteroatoms. The number of amides is 1. The van der Waals surface area contributed by atoms with Crippen molar-refractivity contribution in [1.29, 1.82) is 0 Å². The Bertz CT molecular complexity index is 626. The molecule has 23 heavy (non-hydrogen) atoms. The summed E-state index contributed by atoms with van der Waals surface area (Å²) < 4.78 is 18.4. The summed E-state index contributed by atoms with van der Waals surface area (Å²) in [6.45, 7) is 1.31.